The van der Waals surface area contributed by atoms with Crippen molar-refractivity contribution in [2.75, 3.05) is 0 Å². The van der Waals surface area contributed by atoms with Crippen LogP contribution in [-0.4, -0.2) is 0 Å². The zero-order chi connectivity index (χ0) is 11.4. The van der Waals surface area contributed by atoms with Crippen molar-refractivity contribution >= 4 is 0 Å². The van der Waals surface area contributed by atoms with Gasteiger partial charge in [-0.25, -0.2) is 0 Å². The summed E-state index contributed by atoms with van der Waals surface area (Å²) < 4.78 is 0. The first-order valence-electron chi connectivity index (χ1n) is 6.96. The molecule has 0 aliphatic rings. The molecule has 0 aliphatic heterocycles. The number of allylic oxidation sites excluding steroid dienone is 1. The molecule has 0 saturated heterocycles. The number of hydrogen-bond acceptors (Lipinski definition) is 0. The van der Waals surface area contributed by atoms with E-state index in [0.717, 1.165) is 5.92 Å². The van der Waals surface area contributed by atoms with Crippen molar-refractivity contribution in [1.82, 2.24) is 0 Å². The molecule has 1 unspecified atom stereocenters. The Kier molecular flexibility index (Phi) is 11.6. The summed E-state index contributed by atoms with van der Waals surface area (Å²) in [5.41, 5.74) is 0. The Hall–Kier alpha value is -0.260. The fraction of sp³-hybridized carbons (Fsp3) is 0.867. The summed E-state index contributed by atoms with van der Waals surface area (Å²) in [5.74, 6) is 0.992. The van der Waals surface area contributed by atoms with E-state index in [9.17, 15) is 0 Å². The van der Waals surface area contributed by atoms with Gasteiger partial charge in [-0.2, -0.15) is 0 Å². The molecule has 0 amide bonds. The maximum atomic E-state index is 3.77. The fourth-order valence-electron chi connectivity index (χ4n) is 2.13. The lowest BCUT2D eigenvalue weighted by Gasteiger charge is -2.14. The molecule has 15 heavy (non-hydrogen) atoms. The summed E-state index contributed by atoms with van der Waals surface area (Å²) in [7, 11) is 0. The van der Waals surface area contributed by atoms with Crippen LogP contribution in [0, 0.1) is 5.92 Å². The maximum absolute atomic E-state index is 3.77. The van der Waals surface area contributed by atoms with Gasteiger partial charge in [0.15, 0.2) is 0 Å². The summed E-state index contributed by atoms with van der Waals surface area (Å²) >= 11 is 0. The summed E-state index contributed by atoms with van der Waals surface area (Å²) in [4.78, 5) is 0. The second kappa shape index (κ2) is 11.8. The van der Waals surface area contributed by atoms with Crippen LogP contribution in [0.3, 0.4) is 0 Å². The van der Waals surface area contributed by atoms with Gasteiger partial charge in [-0.15, -0.1) is 6.58 Å². The molecule has 0 bridgehead atoms. The first kappa shape index (κ1) is 14.7. The highest BCUT2D eigenvalue weighted by atomic mass is 14.1. The van der Waals surface area contributed by atoms with Crippen LogP contribution in [0.2, 0.25) is 0 Å². The van der Waals surface area contributed by atoms with Gasteiger partial charge >= 0.3 is 0 Å². The normalized spacial score (nSPS) is 12.7. The molecule has 90 valence electrons. The van der Waals surface area contributed by atoms with Gasteiger partial charge < -0.3 is 0 Å². The molecule has 0 heterocycles. The SMILES string of the molecule is C=CCCCCC(CC)CCCCCC. The topological polar surface area (TPSA) is 0 Å². The molecule has 0 heteroatoms. The lowest BCUT2D eigenvalue weighted by atomic mass is 9.92. The van der Waals surface area contributed by atoms with Gasteiger partial charge in [-0.05, 0) is 18.8 Å². The average Bonchev–Trinajstić information content (AvgIpc) is 2.27. The van der Waals surface area contributed by atoms with E-state index < -0.39 is 0 Å². The fourth-order valence-corrected chi connectivity index (χ4v) is 2.13. The lowest BCUT2D eigenvalue weighted by Crippen LogP contribution is -1.99. The molecule has 0 aromatic carbocycles. The summed E-state index contributed by atoms with van der Waals surface area (Å²) in [6.45, 7) is 8.40. The largest absolute Gasteiger partial charge is 0.103 e. The average molecular weight is 210 g/mol. The van der Waals surface area contributed by atoms with Gasteiger partial charge in [0.25, 0.3) is 0 Å². The van der Waals surface area contributed by atoms with Crippen molar-refractivity contribution in [3.8, 4) is 0 Å². The van der Waals surface area contributed by atoms with Gasteiger partial charge in [0.1, 0.15) is 0 Å². The second-order valence-corrected chi connectivity index (χ2v) is 4.70. The third-order valence-electron chi connectivity index (χ3n) is 3.31. The first-order valence-corrected chi connectivity index (χ1v) is 6.96. The van der Waals surface area contributed by atoms with E-state index in [1.165, 1.54) is 64.2 Å². The highest BCUT2D eigenvalue weighted by Gasteiger charge is 2.05. The van der Waals surface area contributed by atoms with Crippen LogP contribution in [0.25, 0.3) is 0 Å². The molecule has 0 aromatic rings. The van der Waals surface area contributed by atoms with Crippen LogP contribution in [0.1, 0.15) is 78.1 Å². The van der Waals surface area contributed by atoms with E-state index in [2.05, 4.69) is 20.4 Å². The van der Waals surface area contributed by atoms with Gasteiger partial charge in [0.05, 0.1) is 0 Å². The van der Waals surface area contributed by atoms with Crippen LogP contribution in [-0.2, 0) is 0 Å². The summed E-state index contributed by atoms with van der Waals surface area (Å²) in [6, 6.07) is 0. The number of rotatable bonds is 11. The number of unbranched alkanes of at least 4 members (excludes halogenated alkanes) is 5. The van der Waals surface area contributed by atoms with Gasteiger partial charge in [0, 0.05) is 0 Å². The Morgan fingerprint density at radius 2 is 1.60 bits per heavy atom. The van der Waals surface area contributed by atoms with Crippen LogP contribution in [0.15, 0.2) is 12.7 Å². The Balaban J connectivity index is 3.33. The molecule has 0 aromatic heterocycles. The standard InChI is InChI=1S/C15H30/c1-4-7-9-11-13-15(6-3)14-12-10-8-5-2/h4,15H,1,5-14H2,2-3H3. The zero-order valence-corrected chi connectivity index (χ0v) is 10.9. The third-order valence-corrected chi connectivity index (χ3v) is 3.31. The van der Waals surface area contributed by atoms with Crippen LogP contribution >= 0.6 is 0 Å². The predicted molar refractivity (Wildman–Crippen MR) is 71.2 cm³/mol. The van der Waals surface area contributed by atoms with E-state index >= 15 is 0 Å². The van der Waals surface area contributed by atoms with E-state index in [1.54, 1.807) is 0 Å². The van der Waals surface area contributed by atoms with Crippen molar-refractivity contribution in [2.45, 2.75) is 78.1 Å². The minimum absolute atomic E-state index is 0.992. The Bertz CT molecular complexity index is 126. The molecule has 0 saturated carbocycles. The molecule has 0 spiro atoms. The monoisotopic (exact) mass is 210 g/mol. The Morgan fingerprint density at radius 1 is 0.933 bits per heavy atom. The van der Waals surface area contributed by atoms with E-state index in [1.807, 2.05) is 6.08 Å². The van der Waals surface area contributed by atoms with E-state index in [-0.39, 0.29) is 0 Å². The zero-order valence-electron chi connectivity index (χ0n) is 10.9. The summed E-state index contributed by atoms with van der Waals surface area (Å²) in [5, 5.41) is 0. The van der Waals surface area contributed by atoms with Crippen molar-refractivity contribution in [3.63, 3.8) is 0 Å². The highest BCUT2D eigenvalue weighted by molar-refractivity contribution is 4.66. The predicted octanol–water partition coefficient (Wildman–Crippen LogP) is 5.73. The van der Waals surface area contributed by atoms with Gasteiger partial charge in [0.2, 0.25) is 0 Å². The molecule has 0 radical (unpaired) electrons. The van der Waals surface area contributed by atoms with Gasteiger partial charge in [-0.1, -0.05) is 71.3 Å². The Morgan fingerprint density at radius 3 is 2.13 bits per heavy atom. The van der Waals surface area contributed by atoms with Crippen molar-refractivity contribution < 1.29 is 0 Å². The molecular weight excluding hydrogens is 180 g/mol. The van der Waals surface area contributed by atoms with E-state index in [0.29, 0.717) is 0 Å². The molecule has 0 fully saturated rings. The molecule has 0 nitrogen and oxygen atoms in total. The van der Waals surface area contributed by atoms with Gasteiger partial charge in [-0.3, -0.25) is 0 Å². The maximum Gasteiger partial charge on any atom is -0.0353 e. The van der Waals surface area contributed by atoms with Crippen molar-refractivity contribution in [3.05, 3.63) is 12.7 Å². The first-order chi connectivity index (χ1) is 7.35. The quantitative estimate of drug-likeness (QED) is 0.302. The number of hydrogen-bond donors (Lipinski definition) is 0. The lowest BCUT2D eigenvalue weighted by molar-refractivity contribution is 0.399. The molecule has 1 atom stereocenters. The van der Waals surface area contributed by atoms with Crippen LogP contribution < -0.4 is 0 Å². The minimum atomic E-state index is 0.992. The van der Waals surface area contributed by atoms with Crippen LogP contribution in [0.4, 0.5) is 0 Å². The molecule has 0 aliphatic carbocycles. The third kappa shape index (κ3) is 10.0. The Labute approximate surface area is 97.2 Å². The molecule has 0 N–H and O–H groups in total. The highest BCUT2D eigenvalue weighted by Crippen LogP contribution is 2.20. The van der Waals surface area contributed by atoms with Crippen molar-refractivity contribution in [1.29, 1.82) is 0 Å². The summed E-state index contributed by atoms with van der Waals surface area (Å²) in [6.07, 6.45) is 15.9. The minimum Gasteiger partial charge on any atom is -0.103 e. The second-order valence-electron chi connectivity index (χ2n) is 4.70. The molecular formula is C15H30. The van der Waals surface area contributed by atoms with Crippen LogP contribution in [0.5, 0.6) is 0 Å². The van der Waals surface area contributed by atoms with Crippen molar-refractivity contribution in [2.24, 2.45) is 5.92 Å². The smallest absolute Gasteiger partial charge is 0.0353 e. The van der Waals surface area contributed by atoms with E-state index in [4.69, 9.17) is 0 Å². The molecule has 0 rings (SSSR count).